The summed E-state index contributed by atoms with van der Waals surface area (Å²) in [5, 5.41) is 2.47. The van der Waals surface area contributed by atoms with Crippen LogP contribution in [0, 0.1) is 5.92 Å². The van der Waals surface area contributed by atoms with E-state index < -0.39 is 0 Å². The Morgan fingerprint density at radius 3 is 1.48 bits per heavy atom. The molecule has 4 rings (SSSR count). The molecule has 138 valence electrons. The lowest BCUT2D eigenvalue weighted by Crippen LogP contribution is -2.53. The lowest BCUT2D eigenvalue weighted by molar-refractivity contribution is 0.117. The van der Waals surface area contributed by atoms with Crippen LogP contribution in [-0.4, -0.2) is 17.6 Å². The van der Waals surface area contributed by atoms with Crippen molar-refractivity contribution in [3.8, 4) is 0 Å². The third-order valence-electron chi connectivity index (χ3n) is 5.77. The molecule has 2 nitrogen and oxygen atoms in total. The van der Waals surface area contributed by atoms with Gasteiger partial charge in [-0.2, -0.15) is 0 Å². The van der Waals surface area contributed by atoms with Gasteiger partial charge in [-0.15, -0.1) is 0 Å². The minimum Gasteiger partial charge on any atom is -0.250 e. The van der Waals surface area contributed by atoms with Crippen LogP contribution in [-0.2, 0) is 5.54 Å². The molecule has 1 heterocycles. The fraction of sp³-hybridized carbons (Fsp3) is 0.280. The van der Waals surface area contributed by atoms with E-state index in [9.17, 15) is 0 Å². The standard InChI is InChI=1S/C25H28N2/c1-20(2)24-18-19-27(26-24)25(21-12-6-3-7-13-21,22-14-8-4-9-15-22)23-16-10-5-11-17-23/h3-17,20,24,26H,18-19H2,1-2H3. The zero-order chi connectivity index (χ0) is 18.7. The Labute approximate surface area is 162 Å². The summed E-state index contributed by atoms with van der Waals surface area (Å²) in [6, 6.07) is 33.2. The lowest BCUT2D eigenvalue weighted by atomic mass is 9.76. The van der Waals surface area contributed by atoms with Gasteiger partial charge in [-0.05, 0) is 29.0 Å². The zero-order valence-electron chi connectivity index (χ0n) is 16.2. The number of nitrogens with zero attached hydrogens (tertiary/aromatic N) is 1. The Morgan fingerprint density at radius 1 is 0.741 bits per heavy atom. The summed E-state index contributed by atoms with van der Waals surface area (Å²) in [6.45, 7) is 5.62. The fourth-order valence-electron chi connectivity index (χ4n) is 4.35. The van der Waals surface area contributed by atoms with E-state index in [1.54, 1.807) is 0 Å². The summed E-state index contributed by atoms with van der Waals surface area (Å²) in [6.07, 6.45) is 1.16. The highest BCUT2D eigenvalue weighted by atomic mass is 15.6. The molecule has 0 radical (unpaired) electrons. The van der Waals surface area contributed by atoms with E-state index in [-0.39, 0.29) is 5.54 Å². The topological polar surface area (TPSA) is 15.3 Å². The molecule has 3 aromatic rings. The molecule has 1 aliphatic rings. The van der Waals surface area contributed by atoms with Gasteiger partial charge in [0.2, 0.25) is 0 Å². The summed E-state index contributed by atoms with van der Waals surface area (Å²) >= 11 is 0. The molecule has 3 aromatic carbocycles. The highest BCUT2D eigenvalue weighted by molar-refractivity contribution is 5.49. The number of rotatable bonds is 5. The molecule has 27 heavy (non-hydrogen) atoms. The van der Waals surface area contributed by atoms with Gasteiger partial charge in [0.15, 0.2) is 0 Å². The van der Waals surface area contributed by atoms with Gasteiger partial charge in [-0.1, -0.05) is 105 Å². The van der Waals surface area contributed by atoms with Crippen molar-refractivity contribution in [3.05, 3.63) is 108 Å². The summed E-state index contributed by atoms with van der Waals surface area (Å²) in [5.74, 6) is 0.607. The van der Waals surface area contributed by atoms with Gasteiger partial charge in [0, 0.05) is 12.6 Å². The van der Waals surface area contributed by atoms with E-state index in [1.807, 2.05) is 0 Å². The van der Waals surface area contributed by atoms with E-state index in [1.165, 1.54) is 16.7 Å². The first kappa shape index (κ1) is 18.0. The van der Waals surface area contributed by atoms with Crippen molar-refractivity contribution in [1.82, 2.24) is 10.4 Å². The minimum absolute atomic E-state index is 0.354. The van der Waals surface area contributed by atoms with Crippen LogP contribution in [0.3, 0.4) is 0 Å². The zero-order valence-corrected chi connectivity index (χ0v) is 16.2. The third kappa shape index (κ3) is 3.20. The molecule has 1 N–H and O–H groups in total. The molecule has 0 spiro atoms. The van der Waals surface area contributed by atoms with Crippen LogP contribution in [0.25, 0.3) is 0 Å². The summed E-state index contributed by atoms with van der Waals surface area (Å²) in [4.78, 5) is 0. The number of hydrazine groups is 1. The molecule has 0 saturated carbocycles. The smallest absolute Gasteiger partial charge is 0.110 e. The summed E-state index contributed by atoms with van der Waals surface area (Å²) in [5.41, 5.74) is 7.38. The second kappa shape index (κ2) is 7.67. The van der Waals surface area contributed by atoms with E-state index in [2.05, 4.69) is 115 Å². The van der Waals surface area contributed by atoms with E-state index >= 15 is 0 Å². The minimum atomic E-state index is -0.354. The monoisotopic (exact) mass is 356 g/mol. The van der Waals surface area contributed by atoms with Crippen LogP contribution >= 0.6 is 0 Å². The maximum atomic E-state index is 3.86. The molecule has 1 unspecified atom stereocenters. The van der Waals surface area contributed by atoms with Crippen molar-refractivity contribution in [2.24, 2.45) is 5.92 Å². The average molecular weight is 357 g/mol. The van der Waals surface area contributed by atoms with Crippen LogP contribution in [0.15, 0.2) is 91.0 Å². The Kier molecular flexibility index (Phi) is 5.11. The summed E-state index contributed by atoms with van der Waals surface area (Å²) in [7, 11) is 0. The van der Waals surface area contributed by atoms with Crippen molar-refractivity contribution in [2.75, 3.05) is 6.54 Å². The average Bonchev–Trinajstić information content (AvgIpc) is 3.22. The summed E-state index contributed by atoms with van der Waals surface area (Å²) < 4.78 is 0. The molecule has 0 bridgehead atoms. The van der Waals surface area contributed by atoms with Gasteiger partial charge in [0.1, 0.15) is 5.54 Å². The van der Waals surface area contributed by atoms with Gasteiger partial charge in [-0.25, -0.2) is 5.01 Å². The first-order chi connectivity index (χ1) is 13.2. The molecule has 2 heteroatoms. The van der Waals surface area contributed by atoms with Gasteiger partial charge in [-0.3, -0.25) is 5.43 Å². The van der Waals surface area contributed by atoms with Crippen LogP contribution in [0.1, 0.15) is 37.0 Å². The predicted molar refractivity (Wildman–Crippen MR) is 112 cm³/mol. The molecule has 0 aliphatic carbocycles. The maximum Gasteiger partial charge on any atom is 0.110 e. The number of hydrogen-bond acceptors (Lipinski definition) is 2. The number of benzene rings is 3. The lowest BCUT2D eigenvalue weighted by Gasteiger charge is -2.44. The van der Waals surface area contributed by atoms with Gasteiger partial charge >= 0.3 is 0 Å². The molecule has 0 aromatic heterocycles. The Hall–Kier alpha value is -2.42. The molecule has 1 aliphatic heterocycles. The van der Waals surface area contributed by atoms with Crippen molar-refractivity contribution >= 4 is 0 Å². The van der Waals surface area contributed by atoms with Gasteiger partial charge in [0.05, 0.1) is 0 Å². The Balaban J connectivity index is 1.96. The van der Waals surface area contributed by atoms with Crippen LogP contribution in [0.5, 0.6) is 0 Å². The van der Waals surface area contributed by atoms with Gasteiger partial charge in [0.25, 0.3) is 0 Å². The van der Waals surface area contributed by atoms with Crippen LogP contribution < -0.4 is 5.43 Å². The van der Waals surface area contributed by atoms with Gasteiger partial charge < -0.3 is 0 Å². The second-order valence-electron chi connectivity index (χ2n) is 7.73. The van der Waals surface area contributed by atoms with E-state index in [0.29, 0.717) is 12.0 Å². The van der Waals surface area contributed by atoms with Crippen molar-refractivity contribution in [2.45, 2.75) is 31.8 Å². The van der Waals surface area contributed by atoms with E-state index in [4.69, 9.17) is 0 Å². The molecular formula is C25H28N2. The van der Waals surface area contributed by atoms with Crippen LogP contribution in [0.2, 0.25) is 0 Å². The Bertz CT molecular complexity index is 747. The normalized spacial score (nSPS) is 18.1. The third-order valence-corrected chi connectivity index (χ3v) is 5.77. The molecule has 0 amide bonds. The van der Waals surface area contributed by atoms with E-state index in [0.717, 1.165) is 13.0 Å². The quantitative estimate of drug-likeness (QED) is 0.631. The van der Waals surface area contributed by atoms with Crippen molar-refractivity contribution < 1.29 is 0 Å². The maximum absolute atomic E-state index is 3.86. The number of hydrogen-bond donors (Lipinski definition) is 1. The fourth-order valence-corrected chi connectivity index (χ4v) is 4.35. The largest absolute Gasteiger partial charge is 0.250 e. The molecule has 1 fully saturated rings. The molecule has 1 saturated heterocycles. The predicted octanol–water partition coefficient (Wildman–Crippen LogP) is 5.21. The first-order valence-corrected chi connectivity index (χ1v) is 9.93. The molecule has 1 atom stereocenters. The highest BCUT2D eigenvalue weighted by Gasteiger charge is 2.45. The molecular weight excluding hydrogens is 328 g/mol. The Morgan fingerprint density at radius 2 is 1.15 bits per heavy atom. The number of nitrogens with one attached hydrogen (secondary N) is 1. The van der Waals surface area contributed by atoms with Crippen LogP contribution in [0.4, 0.5) is 0 Å². The van der Waals surface area contributed by atoms with Crippen molar-refractivity contribution in [1.29, 1.82) is 0 Å². The SMILES string of the molecule is CC(C)C1CCN(C(c2ccccc2)(c2ccccc2)c2ccccc2)N1. The van der Waals surface area contributed by atoms with Crippen molar-refractivity contribution in [3.63, 3.8) is 0 Å². The highest BCUT2D eigenvalue weighted by Crippen LogP contribution is 2.43. The first-order valence-electron chi connectivity index (χ1n) is 9.93. The second-order valence-corrected chi connectivity index (χ2v) is 7.73.